The molecule has 1 aliphatic heterocycles. The van der Waals surface area contributed by atoms with E-state index in [-0.39, 0.29) is 27.9 Å². The Labute approximate surface area is 171 Å². The van der Waals surface area contributed by atoms with Gasteiger partial charge in [-0.05, 0) is 36.4 Å². The molecule has 1 aliphatic rings. The molecule has 0 bridgehead atoms. The van der Waals surface area contributed by atoms with E-state index < -0.39 is 30.2 Å². The van der Waals surface area contributed by atoms with Gasteiger partial charge >= 0.3 is 12.1 Å². The SMILES string of the molecule is O=C(COC(=O)c1ccc2c(c1)NC(=O)CS2)Nc1cc(C(F)(F)F)ccc1Cl. The molecule has 0 unspecified atom stereocenters. The number of anilines is 2. The quantitative estimate of drug-likeness (QED) is 0.690. The highest BCUT2D eigenvalue weighted by Gasteiger charge is 2.31. The third-order valence-corrected chi connectivity index (χ3v) is 5.15. The van der Waals surface area contributed by atoms with Crippen molar-refractivity contribution in [2.45, 2.75) is 11.1 Å². The molecule has 0 fully saturated rings. The van der Waals surface area contributed by atoms with Crippen molar-refractivity contribution in [2.75, 3.05) is 23.0 Å². The molecule has 6 nitrogen and oxygen atoms in total. The summed E-state index contributed by atoms with van der Waals surface area (Å²) >= 11 is 7.12. The number of hydrogen-bond acceptors (Lipinski definition) is 5. The predicted octanol–water partition coefficient (Wildman–Crippen LogP) is 4.20. The van der Waals surface area contributed by atoms with E-state index in [1.807, 2.05) is 0 Å². The van der Waals surface area contributed by atoms with Gasteiger partial charge in [-0.3, -0.25) is 9.59 Å². The number of thioether (sulfide) groups is 1. The van der Waals surface area contributed by atoms with Crippen LogP contribution in [0, 0.1) is 0 Å². The molecule has 2 amide bonds. The molecule has 29 heavy (non-hydrogen) atoms. The lowest BCUT2D eigenvalue weighted by molar-refractivity contribution is -0.137. The van der Waals surface area contributed by atoms with Crippen molar-refractivity contribution in [1.82, 2.24) is 0 Å². The normalized spacial score (nSPS) is 13.3. The molecular formula is C18H12ClF3N2O4S. The van der Waals surface area contributed by atoms with Crippen LogP contribution in [0.3, 0.4) is 0 Å². The van der Waals surface area contributed by atoms with Gasteiger partial charge in [-0.15, -0.1) is 11.8 Å². The van der Waals surface area contributed by atoms with E-state index in [1.165, 1.54) is 23.9 Å². The summed E-state index contributed by atoms with van der Waals surface area (Å²) in [6.07, 6.45) is -4.60. The van der Waals surface area contributed by atoms with E-state index in [0.29, 0.717) is 11.8 Å². The lowest BCUT2D eigenvalue weighted by Gasteiger charge is -2.16. The molecule has 0 aromatic heterocycles. The topological polar surface area (TPSA) is 84.5 Å². The molecule has 0 saturated carbocycles. The van der Waals surface area contributed by atoms with Crippen molar-refractivity contribution in [3.8, 4) is 0 Å². The number of rotatable bonds is 4. The number of benzene rings is 2. The highest BCUT2D eigenvalue weighted by atomic mass is 35.5. The van der Waals surface area contributed by atoms with E-state index in [1.54, 1.807) is 6.07 Å². The molecule has 0 aliphatic carbocycles. The highest BCUT2D eigenvalue weighted by molar-refractivity contribution is 8.00. The summed E-state index contributed by atoms with van der Waals surface area (Å²) in [5, 5.41) is 4.70. The summed E-state index contributed by atoms with van der Waals surface area (Å²) < 4.78 is 43.2. The summed E-state index contributed by atoms with van der Waals surface area (Å²) in [6, 6.07) is 7.01. The Morgan fingerprint density at radius 2 is 1.97 bits per heavy atom. The fraction of sp³-hybridized carbons (Fsp3) is 0.167. The zero-order valence-corrected chi connectivity index (χ0v) is 16.0. The molecule has 0 saturated heterocycles. The molecule has 11 heteroatoms. The number of halogens is 4. The van der Waals surface area contributed by atoms with Crippen LogP contribution in [-0.2, 0) is 20.5 Å². The lowest BCUT2D eigenvalue weighted by Crippen LogP contribution is -2.22. The number of fused-ring (bicyclic) bond motifs is 1. The minimum Gasteiger partial charge on any atom is -0.452 e. The second-order valence-electron chi connectivity index (χ2n) is 5.86. The van der Waals surface area contributed by atoms with Crippen LogP contribution in [0.1, 0.15) is 15.9 Å². The van der Waals surface area contributed by atoms with Crippen LogP contribution in [-0.4, -0.2) is 30.1 Å². The van der Waals surface area contributed by atoms with Gasteiger partial charge < -0.3 is 15.4 Å². The minimum absolute atomic E-state index is 0.0967. The maximum Gasteiger partial charge on any atom is 0.416 e. The van der Waals surface area contributed by atoms with Gasteiger partial charge in [0.25, 0.3) is 5.91 Å². The fourth-order valence-corrected chi connectivity index (χ4v) is 3.36. The molecule has 152 valence electrons. The van der Waals surface area contributed by atoms with Gasteiger partial charge in [0.1, 0.15) is 0 Å². The summed E-state index contributed by atoms with van der Waals surface area (Å²) in [5.41, 5.74) is -0.670. The number of carbonyl (C=O) groups is 3. The predicted molar refractivity (Wildman–Crippen MR) is 101 cm³/mol. The van der Waals surface area contributed by atoms with Crippen molar-refractivity contribution in [3.05, 3.63) is 52.5 Å². The Kier molecular flexibility index (Phi) is 6.04. The molecule has 0 radical (unpaired) electrons. The molecule has 0 atom stereocenters. The molecule has 2 N–H and O–H groups in total. The first-order valence-electron chi connectivity index (χ1n) is 8.04. The molecule has 0 spiro atoms. The van der Waals surface area contributed by atoms with Crippen molar-refractivity contribution in [1.29, 1.82) is 0 Å². The average molecular weight is 445 g/mol. The maximum atomic E-state index is 12.8. The van der Waals surface area contributed by atoms with Gasteiger partial charge in [-0.25, -0.2) is 4.79 Å². The van der Waals surface area contributed by atoms with E-state index in [2.05, 4.69) is 10.6 Å². The number of hydrogen-bond donors (Lipinski definition) is 2. The lowest BCUT2D eigenvalue weighted by atomic mass is 10.2. The number of amides is 2. The minimum atomic E-state index is -4.60. The van der Waals surface area contributed by atoms with E-state index in [9.17, 15) is 27.6 Å². The second-order valence-corrected chi connectivity index (χ2v) is 7.29. The van der Waals surface area contributed by atoms with Crippen LogP contribution in [0.4, 0.5) is 24.5 Å². The van der Waals surface area contributed by atoms with Crippen LogP contribution >= 0.6 is 23.4 Å². The van der Waals surface area contributed by atoms with Gasteiger partial charge in [0.15, 0.2) is 6.61 Å². The second kappa shape index (κ2) is 8.34. The first-order chi connectivity index (χ1) is 13.6. The van der Waals surface area contributed by atoms with E-state index in [0.717, 1.165) is 17.0 Å². The van der Waals surface area contributed by atoms with Crippen molar-refractivity contribution < 1.29 is 32.3 Å². The van der Waals surface area contributed by atoms with Crippen LogP contribution in [0.15, 0.2) is 41.3 Å². The molecular weight excluding hydrogens is 433 g/mol. The third-order valence-electron chi connectivity index (χ3n) is 3.75. The van der Waals surface area contributed by atoms with Crippen LogP contribution < -0.4 is 10.6 Å². The monoisotopic (exact) mass is 444 g/mol. The van der Waals surface area contributed by atoms with Crippen LogP contribution in [0.2, 0.25) is 5.02 Å². The Morgan fingerprint density at radius 3 is 2.69 bits per heavy atom. The van der Waals surface area contributed by atoms with E-state index >= 15 is 0 Å². The Bertz CT molecular complexity index is 998. The number of alkyl halides is 3. The van der Waals surface area contributed by atoms with Crippen molar-refractivity contribution >= 4 is 52.5 Å². The van der Waals surface area contributed by atoms with Crippen LogP contribution in [0.5, 0.6) is 0 Å². The molecule has 3 rings (SSSR count). The van der Waals surface area contributed by atoms with Crippen LogP contribution in [0.25, 0.3) is 0 Å². The number of carbonyl (C=O) groups excluding carboxylic acids is 3. The fourth-order valence-electron chi connectivity index (χ4n) is 2.41. The Balaban J connectivity index is 1.62. The van der Waals surface area contributed by atoms with Gasteiger partial charge in [0, 0.05) is 4.90 Å². The highest BCUT2D eigenvalue weighted by Crippen LogP contribution is 2.34. The van der Waals surface area contributed by atoms with Gasteiger partial charge in [0.2, 0.25) is 5.91 Å². The zero-order chi connectivity index (χ0) is 21.2. The molecule has 2 aromatic carbocycles. The first kappa shape index (κ1) is 21.0. The third kappa shape index (κ3) is 5.21. The summed E-state index contributed by atoms with van der Waals surface area (Å²) in [7, 11) is 0. The standard InChI is InChI=1S/C18H12ClF3N2O4S/c19-11-3-2-10(18(20,21)22)6-12(11)23-15(25)7-28-17(27)9-1-4-14-13(5-9)24-16(26)8-29-14/h1-6H,7-8H2,(H,23,25)(H,24,26). The number of ether oxygens (including phenoxy) is 1. The largest absolute Gasteiger partial charge is 0.452 e. The molecule has 1 heterocycles. The van der Waals surface area contributed by atoms with Crippen molar-refractivity contribution in [3.63, 3.8) is 0 Å². The Hall–Kier alpha value is -2.72. The number of nitrogens with one attached hydrogen (secondary N) is 2. The smallest absolute Gasteiger partial charge is 0.416 e. The summed E-state index contributed by atoms with van der Waals surface area (Å²) in [4.78, 5) is 36.3. The maximum absolute atomic E-state index is 12.8. The van der Waals surface area contributed by atoms with Gasteiger partial charge in [-0.2, -0.15) is 13.2 Å². The molecule has 2 aromatic rings. The average Bonchev–Trinajstić information content (AvgIpc) is 2.66. The summed E-state index contributed by atoms with van der Waals surface area (Å²) in [6.45, 7) is -0.733. The van der Waals surface area contributed by atoms with Gasteiger partial charge in [0.05, 0.1) is 33.3 Å². The first-order valence-corrected chi connectivity index (χ1v) is 9.40. The van der Waals surface area contributed by atoms with E-state index in [4.69, 9.17) is 16.3 Å². The zero-order valence-electron chi connectivity index (χ0n) is 14.4. The van der Waals surface area contributed by atoms with Crippen molar-refractivity contribution in [2.24, 2.45) is 0 Å². The summed E-state index contributed by atoms with van der Waals surface area (Å²) in [5.74, 6) is -1.62. The van der Waals surface area contributed by atoms with Gasteiger partial charge in [-0.1, -0.05) is 11.6 Å². The number of esters is 1. The Morgan fingerprint density at radius 1 is 1.21 bits per heavy atom.